The molecule has 1 aliphatic heterocycles. The van der Waals surface area contributed by atoms with E-state index in [1.165, 1.54) is 0 Å². The first-order chi connectivity index (χ1) is 13.3. The molecule has 0 N–H and O–H groups in total. The van der Waals surface area contributed by atoms with E-state index >= 15 is 0 Å². The molecule has 1 heterocycles. The SMILES string of the molecule is Cc1ccccc1C(=O)N(Cc1ccc(OS(C)(=O)=O)cc1)CC1CCCO1. The molecule has 0 aromatic heterocycles. The quantitative estimate of drug-likeness (QED) is 0.664. The number of aryl methyl sites for hydroxylation is 1. The first kappa shape index (κ1) is 20.4. The Morgan fingerprint density at radius 1 is 1.18 bits per heavy atom. The second-order valence-electron chi connectivity index (χ2n) is 7.07. The Hall–Kier alpha value is -2.38. The van der Waals surface area contributed by atoms with Crippen molar-refractivity contribution in [3.05, 3.63) is 65.2 Å². The summed E-state index contributed by atoms with van der Waals surface area (Å²) in [4.78, 5) is 15.0. The lowest BCUT2D eigenvalue weighted by Gasteiger charge is -2.26. The Labute approximate surface area is 166 Å². The molecule has 1 amide bonds. The summed E-state index contributed by atoms with van der Waals surface area (Å²) in [6.45, 7) is 3.59. The molecule has 3 rings (SSSR count). The van der Waals surface area contributed by atoms with Gasteiger partial charge in [-0.2, -0.15) is 8.42 Å². The zero-order chi connectivity index (χ0) is 20.1. The fourth-order valence-electron chi connectivity index (χ4n) is 3.28. The standard InChI is InChI=1S/C21H25NO5S/c1-16-6-3-4-8-20(16)21(23)22(15-19-7-5-13-26-19)14-17-9-11-18(12-10-17)27-28(2,24)25/h3-4,6,8-12,19H,5,7,13-15H2,1-2H3. The lowest BCUT2D eigenvalue weighted by atomic mass is 10.1. The Bertz CT molecular complexity index is 918. The van der Waals surface area contributed by atoms with Gasteiger partial charge in [-0.3, -0.25) is 4.79 Å². The van der Waals surface area contributed by atoms with Crippen molar-refractivity contribution in [2.45, 2.75) is 32.4 Å². The summed E-state index contributed by atoms with van der Waals surface area (Å²) >= 11 is 0. The van der Waals surface area contributed by atoms with Crippen molar-refractivity contribution < 1.29 is 22.1 Å². The van der Waals surface area contributed by atoms with Gasteiger partial charge in [0, 0.05) is 25.3 Å². The Kier molecular flexibility index (Phi) is 6.36. The van der Waals surface area contributed by atoms with Crippen LogP contribution in [0.4, 0.5) is 0 Å². The van der Waals surface area contributed by atoms with Crippen LogP contribution in [0.5, 0.6) is 5.75 Å². The molecule has 1 unspecified atom stereocenters. The van der Waals surface area contributed by atoms with E-state index in [9.17, 15) is 13.2 Å². The van der Waals surface area contributed by atoms with Crippen molar-refractivity contribution in [1.82, 2.24) is 4.90 Å². The van der Waals surface area contributed by atoms with Gasteiger partial charge < -0.3 is 13.8 Å². The minimum atomic E-state index is -3.56. The molecule has 1 saturated heterocycles. The largest absolute Gasteiger partial charge is 0.383 e. The number of nitrogens with zero attached hydrogens (tertiary/aromatic N) is 1. The smallest absolute Gasteiger partial charge is 0.306 e. The van der Waals surface area contributed by atoms with Crippen LogP contribution in [-0.2, 0) is 21.4 Å². The normalized spacial score (nSPS) is 16.7. The maximum atomic E-state index is 13.2. The Morgan fingerprint density at radius 2 is 1.89 bits per heavy atom. The van der Waals surface area contributed by atoms with Crippen molar-refractivity contribution in [3.63, 3.8) is 0 Å². The van der Waals surface area contributed by atoms with Crippen LogP contribution in [0.3, 0.4) is 0 Å². The minimum absolute atomic E-state index is 0.0370. The van der Waals surface area contributed by atoms with Gasteiger partial charge in [-0.25, -0.2) is 0 Å². The van der Waals surface area contributed by atoms with E-state index in [4.69, 9.17) is 8.92 Å². The monoisotopic (exact) mass is 403 g/mol. The fourth-order valence-corrected chi connectivity index (χ4v) is 3.74. The van der Waals surface area contributed by atoms with Gasteiger partial charge >= 0.3 is 10.1 Å². The number of ether oxygens (including phenoxy) is 1. The molecule has 1 aliphatic rings. The molecular weight excluding hydrogens is 378 g/mol. The number of carbonyl (C=O) groups excluding carboxylic acids is 1. The van der Waals surface area contributed by atoms with Crippen LogP contribution in [0.25, 0.3) is 0 Å². The second-order valence-corrected chi connectivity index (χ2v) is 8.64. The molecule has 0 aliphatic carbocycles. The van der Waals surface area contributed by atoms with E-state index in [1.807, 2.05) is 31.2 Å². The molecule has 28 heavy (non-hydrogen) atoms. The summed E-state index contributed by atoms with van der Waals surface area (Å²) in [5, 5.41) is 0. The van der Waals surface area contributed by atoms with Crippen molar-refractivity contribution in [1.29, 1.82) is 0 Å². The van der Waals surface area contributed by atoms with Gasteiger partial charge in [0.2, 0.25) is 0 Å². The molecule has 1 atom stereocenters. The lowest BCUT2D eigenvalue weighted by molar-refractivity contribution is 0.0506. The van der Waals surface area contributed by atoms with Crippen LogP contribution in [0.15, 0.2) is 48.5 Å². The van der Waals surface area contributed by atoms with Crippen LogP contribution in [0.1, 0.15) is 34.3 Å². The summed E-state index contributed by atoms with van der Waals surface area (Å²) < 4.78 is 33.1. The van der Waals surface area contributed by atoms with Crippen LogP contribution in [0.2, 0.25) is 0 Å². The molecule has 6 nitrogen and oxygen atoms in total. The van der Waals surface area contributed by atoms with Gasteiger partial charge in [0.1, 0.15) is 5.75 Å². The number of rotatable bonds is 7. The van der Waals surface area contributed by atoms with Gasteiger partial charge in [0.25, 0.3) is 5.91 Å². The van der Waals surface area contributed by atoms with Crippen LogP contribution < -0.4 is 4.18 Å². The van der Waals surface area contributed by atoms with E-state index in [1.54, 1.807) is 29.2 Å². The predicted molar refractivity (Wildman–Crippen MR) is 107 cm³/mol. The summed E-state index contributed by atoms with van der Waals surface area (Å²) in [7, 11) is -3.56. The first-order valence-corrected chi connectivity index (χ1v) is 11.1. The Morgan fingerprint density at radius 3 is 2.50 bits per heavy atom. The second kappa shape index (κ2) is 8.75. The molecule has 150 valence electrons. The minimum Gasteiger partial charge on any atom is -0.383 e. The van der Waals surface area contributed by atoms with Crippen LogP contribution in [0, 0.1) is 6.92 Å². The summed E-state index contributed by atoms with van der Waals surface area (Å²) in [6, 6.07) is 14.3. The molecular formula is C21H25NO5S. The maximum Gasteiger partial charge on any atom is 0.306 e. The van der Waals surface area contributed by atoms with Gasteiger partial charge in [0.05, 0.1) is 12.4 Å². The Balaban J connectivity index is 1.78. The number of hydrogen-bond donors (Lipinski definition) is 0. The van der Waals surface area contributed by atoms with E-state index < -0.39 is 10.1 Å². The van der Waals surface area contributed by atoms with E-state index in [-0.39, 0.29) is 17.8 Å². The molecule has 0 spiro atoms. The third-order valence-corrected chi connectivity index (χ3v) is 5.15. The topological polar surface area (TPSA) is 72.9 Å². The number of benzene rings is 2. The molecule has 1 fully saturated rings. The number of amides is 1. The van der Waals surface area contributed by atoms with Gasteiger partial charge in [-0.05, 0) is 49.1 Å². The van der Waals surface area contributed by atoms with E-state index in [0.717, 1.165) is 36.8 Å². The summed E-state index contributed by atoms with van der Waals surface area (Å²) in [5.74, 6) is 0.215. The zero-order valence-corrected chi connectivity index (χ0v) is 16.9. The molecule has 0 bridgehead atoms. The highest BCUT2D eigenvalue weighted by Gasteiger charge is 2.24. The highest BCUT2D eigenvalue weighted by Crippen LogP contribution is 2.20. The van der Waals surface area contributed by atoms with Crippen LogP contribution in [-0.4, -0.2) is 44.7 Å². The third-order valence-electron chi connectivity index (χ3n) is 4.66. The number of carbonyl (C=O) groups is 1. The maximum absolute atomic E-state index is 13.2. The average Bonchev–Trinajstić information content (AvgIpc) is 3.14. The predicted octanol–water partition coefficient (Wildman–Crippen LogP) is 3.15. The van der Waals surface area contributed by atoms with Crippen molar-refractivity contribution in [3.8, 4) is 5.75 Å². The van der Waals surface area contributed by atoms with Gasteiger partial charge in [-0.1, -0.05) is 30.3 Å². The van der Waals surface area contributed by atoms with Gasteiger partial charge in [0.15, 0.2) is 0 Å². The van der Waals surface area contributed by atoms with E-state index in [0.29, 0.717) is 18.7 Å². The third kappa shape index (κ3) is 5.56. The van der Waals surface area contributed by atoms with Crippen LogP contribution >= 0.6 is 0 Å². The summed E-state index contributed by atoms with van der Waals surface area (Å²) in [6.07, 6.45) is 3.00. The van der Waals surface area contributed by atoms with Crippen molar-refractivity contribution in [2.24, 2.45) is 0 Å². The highest BCUT2D eigenvalue weighted by molar-refractivity contribution is 7.86. The molecule has 2 aromatic carbocycles. The summed E-state index contributed by atoms with van der Waals surface area (Å²) in [5.41, 5.74) is 2.50. The molecule has 7 heteroatoms. The number of hydrogen-bond acceptors (Lipinski definition) is 5. The molecule has 0 saturated carbocycles. The van der Waals surface area contributed by atoms with Gasteiger partial charge in [-0.15, -0.1) is 0 Å². The first-order valence-electron chi connectivity index (χ1n) is 9.27. The lowest BCUT2D eigenvalue weighted by Crippen LogP contribution is -2.37. The average molecular weight is 404 g/mol. The van der Waals surface area contributed by atoms with Crippen molar-refractivity contribution in [2.75, 3.05) is 19.4 Å². The molecule has 0 radical (unpaired) electrons. The van der Waals surface area contributed by atoms with Crippen molar-refractivity contribution >= 4 is 16.0 Å². The highest BCUT2D eigenvalue weighted by atomic mass is 32.2. The zero-order valence-electron chi connectivity index (χ0n) is 16.1. The molecule has 2 aromatic rings. The van der Waals surface area contributed by atoms with E-state index in [2.05, 4.69) is 0 Å². The fraction of sp³-hybridized carbons (Fsp3) is 0.381.